The fourth-order valence-corrected chi connectivity index (χ4v) is 1.19. The lowest BCUT2D eigenvalue weighted by molar-refractivity contribution is -0.156. The van der Waals surface area contributed by atoms with Gasteiger partial charge in [-0.2, -0.15) is 0 Å². The molecular formula is C13H27N3O4. The van der Waals surface area contributed by atoms with E-state index < -0.39 is 29.3 Å². The van der Waals surface area contributed by atoms with Gasteiger partial charge in [-0.15, -0.1) is 0 Å². The number of nitrogens with two attached hydrogens (primary N) is 2. The van der Waals surface area contributed by atoms with Crippen LogP contribution >= 0.6 is 0 Å². The molecule has 0 aromatic heterocycles. The third kappa shape index (κ3) is 8.71. The fraction of sp³-hybridized carbons (Fsp3) is 0.846. The quantitative estimate of drug-likeness (QED) is 0.348. The minimum Gasteiger partial charge on any atom is -0.459 e. The van der Waals surface area contributed by atoms with Crippen LogP contribution in [0.25, 0.3) is 0 Å². The average molecular weight is 289 g/mol. The molecule has 118 valence electrons. The number of carbonyl (C=O) groups is 2. The Hall–Kier alpha value is -1.34. The predicted octanol–water partition coefficient (Wildman–Crippen LogP) is 1.16. The summed E-state index contributed by atoms with van der Waals surface area (Å²) in [6.07, 6.45) is -0.459. The third-order valence-electron chi connectivity index (χ3n) is 2.02. The zero-order valence-corrected chi connectivity index (χ0v) is 13.2. The molecular weight excluding hydrogens is 262 g/mol. The van der Waals surface area contributed by atoms with Crippen molar-refractivity contribution in [1.29, 1.82) is 0 Å². The lowest BCUT2D eigenvalue weighted by Gasteiger charge is -2.25. The van der Waals surface area contributed by atoms with Gasteiger partial charge >= 0.3 is 12.1 Å². The molecule has 1 unspecified atom stereocenters. The molecule has 0 saturated heterocycles. The fourth-order valence-electron chi connectivity index (χ4n) is 1.19. The number of nitrogens with zero attached hydrogens (tertiary/aromatic N) is 1. The van der Waals surface area contributed by atoms with Crippen LogP contribution in [-0.2, 0) is 14.3 Å². The van der Waals surface area contributed by atoms with Gasteiger partial charge in [-0.1, -0.05) is 0 Å². The monoisotopic (exact) mass is 289 g/mol. The summed E-state index contributed by atoms with van der Waals surface area (Å²) < 4.78 is 10.2. The second-order valence-electron chi connectivity index (χ2n) is 6.60. The van der Waals surface area contributed by atoms with E-state index >= 15 is 0 Å². The van der Waals surface area contributed by atoms with E-state index in [-0.39, 0.29) is 13.0 Å². The molecule has 0 fully saturated rings. The Balaban J connectivity index is 4.21. The van der Waals surface area contributed by atoms with Crippen LogP contribution in [0.1, 0.15) is 48.0 Å². The van der Waals surface area contributed by atoms with Gasteiger partial charge in [0, 0.05) is 6.54 Å². The maximum Gasteiger partial charge on any atom is 0.424 e. The van der Waals surface area contributed by atoms with E-state index in [4.69, 9.17) is 21.1 Å². The highest BCUT2D eigenvalue weighted by Crippen LogP contribution is 2.10. The largest absolute Gasteiger partial charge is 0.459 e. The number of esters is 1. The van der Waals surface area contributed by atoms with Crippen LogP contribution in [0.15, 0.2) is 0 Å². The van der Waals surface area contributed by atoms with Crippen LogP contribution in [0.3, 0.4) is 0 Å². The van der Waals surface area contributed by atoms with Gasteiger partial charge in [-0.05, 0) is 48.0 Å². The van der Waals surface area contributed by atoms with Crippen LogP contribution in [0.2, 0.25) is 0 Å². The maximum atomic E-state index is 11.6. The first-order valence-corrected chi connectivity index (χ1v) is 6.55. The van der Waals surface area contributed by atoms with Gasteiger partial charge in [-0.25, -0.2) is 15.6 Å². The number of ether oxygens (including phenoxy) is 2. The Bertz CT molecular complexity index is 311. The van der Waals surface area contributed by atoms with E-state index in [1.807, 2.05) is 0 Å². The van der Waals surface area contributed by atoms with Gasteiger partial charge in [-0.3, -0.25) is 4.79 Å². The topological polar surface area (TPSA) is 108 Å². The molecule has 0 radical (unpaired) electrons. The molecule has 0 spiro atoms. The Morgan fingerprint density at radius 3 is 1.90 bits per heavy atom. The summed E-state index contributed by atoms with van der Waals surface area (Å²) in [6, 6.07) is -0.831. The minimum atomic E-state index is -0.831. The molecule has 0 aliphatic heterocycles. The molecule has 0 heterocycles. The van der Waals surface area contributed by atoms with Gasteiger partial charge in [0.2, 0.25) is 0 Å². The summed E-state index contributed by atoms with van der Waals surface area (Å²) in [6.45, 7) is 10.6. The van der Waals surface area contributed by atoms with Gasteiger partial charge in [0.05, 0.1) is 0 Å². The number of amides is 1. The molecule has 0 rings (SSSR count). The van der Waals surface area contributed by atoms with Crippen molar-refractivity contribution in [3.8, 4) is 0 Å². The predicted molar refractivity (Wildman–Crippen MR) is 75.6 cm³/mol. The Labute approximate surface area is 120 Å². The molecule has 0 aliphatic carbocycles. The smallest absolute Gasteiger partial charge is 0.424 e. The molecule has 0 aliphatic rings. The molecule has 20 heavy (non-hydrogen) atoms. The van der Waals surface area contributed by atoms with E-state index in [1.54, 1.807) is 41.5 Å². The molecule has 1 atom stereocenters. The normalized spacial score (nSPS) is 13.6. The van der Waals surface area contributed by atoms with Crippen molar-refractivity contribution in [2.24, 2.45) is 11.6 Å². The van der Waals surface area contributed by atoms with Gasteiger partial charge in [0.25, 0.3) is 0 Å². The highest BCUT2D eigenvalue weighted by atomic mass is 16.6. The lowest BCUT2D eigenvalue weighted by Crippen LogP contribution is -2.45. The van der Waals surface area contributed by atoms with E-state index in [9.17, 15) is 9.59 Å². The molecule has 4 N–H and O–H groups in total. The zero-order chi connectivity index (χ0) is 16.1. The van der Waals surface area contributed by atoms with Gasteiger partial charge in [0.15, 0.2) is 0 Å². The van der Waals surface area contributed by atoms with Crippen LogP contribution in [0, 0.1) is 0 Å². The van der Waals surface area contributed by atoms with E-state index in [1.165, 1.54) is 0 Å². The summed E-state index contributed by atoms with van der Waals surface area (Å²) in [7, 11) is 0. The minimum absolute atomic E-state index is 0.106. The molecule has 7 nitrogen and oxygen atoms in total. The van der Waals surface area contributed by atoms with Crippen molar-refractivity contribution >= 4 is 12.1 Å². The molecule has 0 aromatic carbocycles. The summed E-state index contributed by atoms with van der Waals surface area (Å²) in [5, 5.41) is 0.898. The first kappa shape index (κ1) is 18.7. The average Bonchev–Trinajstić information content (AvgIpc) is 2.20. The Morgan fingerprint density at radius 1 is 1.05 bits per heavy atom. The summed E-state index contributed by atoms with van der Waals surface area (Å²) >= 11 is 0. The number of rotatable bonds is 4. The summed E-state index contributed by atoms with van der Waals surface area (Å²) in [4.78, 5) is 23.2. The number of hydrogen-bond donors (Lipinski definition) is 2. The molecule has 0 saturated carbocycles. The van der Waals surface area contributed by atoms with Crippen LogP contribution in [0.5, 0.6) is 0 Å². The van der Waals surface area contributed by atoms with E-state index in [2.05, 4.69) is 0 Å². The molecule has 0 aromatic rings. The Morgan fingerprint density at radius 2 is 1.50 bits per heavy atom. The van der Waals surface area contributed by atoms with Crippen molar-refractivity contribution in [3.05, 3.63) is 0 Å². The highest BCUT2D eigenvalue weighted by Gasteiger charge is 2.24. The van der Waals surface area contributed by atoms with Crippen LogP contribution in [-0.4, -0.2) is 40.9 Å². The summed E-state index contributed by atoms with van der Waals surface area (Å²) in [5.41, 5.74) is 4.47. The SMILES string of the molecule is CC(C)(C)OC(=O)C(N)CCN(N)C(=O)OC(C)(C)C. The van der Waals surface area contributed by atoms with Crippen LogP contribution < -0.4 is 11.6 Å². The van der Waals surface area contributed by atoms with E-state index in [0.29, 0.717) is 0 Å². The third-order valence-corrected chi connectivity index (χ3v) is 2.02. The zero-order valence-electron chi connectivity index (χ0n) is 13.2. The first-order chi connectivity index (χ1) is 8.82. The van der Waals surface area contributed by atoms with Gasteiger partial charge < -0.3 is 15.2 Å². The van der Waals surface area contributed by atoms with Crippen molar-refractivity contribution < 1.29 is 19.1 Å². The van der Waals surface area contributed by atoms with Crippen molar-refractivity contribution in [2.75, 3.05) is 6.54 Å². The lowest BCUT2D eigenvalue weighted by atomic mass is 10.1. The number of hydrazine groups is 1. The molecule has 7 heteroatoms. The highest BCUT2D eigenvalue weighted by molar-refractivity contribution is 5.76. The molecule has 0 bridgehead atoms. The summed E-state index contributed by atoms with van der Waals surface area (Å²) in [5.74, 6) is 5.03. The van der Waals surface area contributed by atoms with Crippen molar-refractivity contribution in [2.45, 2.75) is 65.2 Å². The number of hydrogen-bond acceptors (Lipinski definition) is 6. The van der Waals surface area contributed by atoms with E-state index in [0.717, 1.165) is 5.01 Å². The van der Waals surface area contributed by atoms with Crippen molar-refractivity contribution in [3.63, 3.8) is 0 Å². The molecule has 1 amide bonds. The second-order valence-corrected chi connectivity index (χ2v) is 6.60. The second kappa shape index (κ2) is 6.90. The number of carbonyl (C=O) groups excluding carboxylic acids is 2. The maximum absolute atomic E-state index is 11.6. The Kier molecular flexibility index (Phi) is 6.43. The van der Waals surface area contributed by atoms with Crippen LogP contribution in [0.4, 0.5) is 4.79 Å². The first-order valence-electron chi connectivity index (χ1n) is 6.55. The van der Waals surface area contributed by atoms with Gasteiger partial charge in [0.1, 0.15) is 17.2 Å². The van der Waals surface area contributed by atoms with Crippen molar-refractivity contribution in [1.82, 2.24) is 5.01 Å². The standard InChI is InChI=1S/C13H27N3O4/c1-12(2,3)19-10(17)9(14)7-8-16(15)11(18)20-13(4,5)6/h9H,7-8,14-15H2,1-6H3.